The van der Waals surface area contributed by atoms with Crippen LogP contribution in [-0.2, 0) is 16.1 Å². The summed E-state index contributed by atoms with van der Waals surface area (Å²) in [4.78, 5) is 25.2. The highest BCUT2D eigenvalue weighted by atomic mass is 35.5. The van der Waals surface area contributed by atoms with Crippen LogP contribution in [0.1, 0.15) is 18.9 Å². The smallest absolute Gasteiger partial charge is 0.226 e. The second-order valence-corrected chi connectivity index (χ2v) is 5.86. The molecular weight excluding hydrogens is 350 g/mol. The number of rotatable bonds is 6. The molecule has 2 rings (SSSR count). The molecule has 0 saturated carbocycles. The average molecular weight is 367 g/mol. The molecule has 0 atom stereocenters. The number of hydrogen-bond acceptors (Lipinski definition) is 2. The first-order valence-corrected chi connectivity index (χ1v) is 7.98. The number of anilines is 1. The van der Waals surface area contributed by atoms with E-state index in [2.05, 4.69) is 5.32 Å². The zero-order valence-electron chi connectivity index (χ0n) is 13.6. The fraction of sp³-hybridized carbons (Fsp3) is 0.222. The Balaban J connectivity index is 1.95. The van der Waals surface area contributed by atoms with Crippen LogP contribution in [0.2, 0.25) is 5.02 Å². The third-order valence-electron chi connectivity index (χ3n) is 3.58. The van der Waals surface area contributed by atoms with Crippen molar-refractivity contribution >= 4 is 29.1 Å². The van der Waals surface area contributed by atoms with Crippen molar-refractivity contribution in [3.8, 4) is 0 Å². The van der Waals surface area contributed by atoms with E-state index in [1.54, 1.807) is 18.2 Å². The Morgan fingerprint density at radius 2 is 1.88 bits per heavy atom. The minimum Gasteiger partial charge on any atom is -0.338 e. The van der Waals surface area contributed by atoms with Crippen LogP contribution in [0.15, 0.2) is 42.5 Å². The van der Waals surface area contributed by atoms with Crippen LogP contribution in [0.3, 0.4) is 0 Å². The Morgan fingerprint density at radius 1 is 1.16 bits per heavy atom. The van der Waals surface area contributed by atoms with Gasteiger partial charge in [-0.25, -0.2) is 8.78 Å². The third-order valence-corrected chi connectivity index (χ3v) is 3.95. The normalized spacial score (nSPS) is 10.4. The van der Waals surface area contributed by atoms with Gasteiger partial charge in [0.2, 0.25) is 11.8 Å². The molecule has 0 heterocycles. The highest BCUT2D eigenvalue weighted by Crippen LogP contribution is 2.18. The van der Waals surface area contributed by atoms with Crippen LogP contribution in [0, 0.1) is 11.6 Å². The average Bonchev–Trinajstić information content (AvgIpc) is 2.55. The van der Waals surface area contributed by atoms with Gasteiger partial charge in [0.05, 0.1) is 5.69 Å². The monoisotopic (exact) mass is 366 g/mol. The molecule has 0 saturated heterocycles. The molecule has 0 aliphatic carbocycles. The maximum Gasteiger partial charge on any atom is 0.226 e. The minimum absolute atomic E-state index is 0.0269. The lowest BCUT2D eigenvalue weighted by atomic mass is 10.2. The number of amides is 2. The number of benzene rings is 2. The minimum atomic E-state index is -0.854. The number of carbonyl (C=O) groups excluding carboxylic acids is 2. The summed E-state index contributed by atoms with van der Waals surface area (Å²) in [5, 5.41) is 2.90. The van der Waals surface area contributed by atoms with Crippen LogP contribution in [0.4, 0.5) is 14.5 Å². The second kappa shape index (κ2) is 8.58. The van der Waals surface area contributed by atoms with Gasteiger partial charge in [-0.1, -0.05) is 29.8 Å². The Kier molecular flexibility index (Phi) is 6.47. The summed E-state index contributed by atoms with van der Waals surface area (Å²) < 4.78 is 26.4. The molecule has 25 heavy (non-hydrogen) atoms. The molecule has 4 nitrogen and oxygen atoms in total. The molecule has 0 spiro atoms. The summed E-state index contributed by atoms with van der Waals surface area (Å²) in [6, 6.07) is 10.0. The van der Waals surface area contributed by atoms with E-state index in [4.69, 9.17) is 11.6 Å². The van der Waals surface area contributed by atoms with Gasteiger partial charge in [-0.05, 0) is 23.8 Å². The Labute approximate surface area is 149 Å². The van der Waals surface area contributed by atoms with Crippen molar-refractivity contribution in [3.63, 3.8) is 0 Å². The van der Waals surface area contributed by atoms with Crippen LogP contribution < -0.4 is 5.32 Å². The first-order valence-electron chi connectivity index (χ1n) is 7.60. The van der Waals surface area contributed by atoms with Crippen molar-refractivity contribution in [2.75, 3.05) is 11.9 Å². The van der Waals surface area contributed by atoms with Crippen molar-refractivity contribution in [1.29, 1.82) is 0 Å². The quantitative estimate of drug-likeness (QED) is 0.840. The van der Waals surface area contributed by atoms with Gasteiger partial charge in [0.25, 0.3) is 0 Å². The molecule has 2 aromatic carbocycles. The van der Waals surface area contributed by atoms with Crippen molar-refractivity contribution in [3.05, 3.63) is 64.7 Å². The zero-order chi connectivity index (χ0) is 18.4. The summed E-state index contributed by atoms with van der Waals surface area (Å²) in [6.07, 6.45) is -0.0269. The lowest BCUT2D eigenvalue weighted by Gasteiger charge is -2.21. The van der Waals surface area contributed by atoms with Crippen molar-refractivity contribution in [1.82, 2.24) is 4.90 Å². The van der Waals surface area contributed by atoms with Gasteiger partial charge < -0.3 is 10.2 Å². The van der Waals surface area contributed by atoms with Gasteiger partial charge in [-0.2, -0.15) is 0 Å². The molecule has 0 aliphatic heterocycles. The molecule has 0 aromatic heterocycles. The summed E-state index contributed by atoms with van der Waals surface area (Å²) in [5.74, 6) is -2.26. The molecule has 7 heteroatoms. The van der Waals surface area contributed by atoms with E-state index < -0.39 is 17.5 Å². The fourth-order valence-corrected chi connectivity index (χ4v) is 2.42. The van der Waals surface area contributed by atoms with E-state index in [0.29, 0.717) is 11.1 Å². The van der Waals surface area contributed by atoms with Gasteiger partial charge in [0.15, 0.2) is 0 Å². The summed E-state index contributed by atoms with van der Waals surface area (Å²) in [7, 11) is 0. The molecule has 0 aliphatic rings. The first kappa shape index (κ1) is 18.9. The Bertz CT molecular complexity index is 783. The van der Waals surface area contributed by atoms with E-state index in [0.717, 1.165) is 17.7 Å². The molecule has 2 aromatic rings. The van der Waals surface area contributed by atoms with Crippen LogP contribution in [0.25, 0.3) is 0 Å². The Morgan fingerprint density at radius 3 is 2.52 bits per heavy atom. The second-order valence-electron chi connectivity index (χ2n) is 5.45. The van der Waals surface area contributed by atoms with E-state index in [9.17, 15) is 18.4 Å². The predicted octanol–water partition coefficient (Wildman–Crippen LogP) is 4.00. The first-order chi connectivity index (χ1) is 11.9. The SMILES string of the molecule is CC(=O)N(CCC(=O)Nc1ccc(F)cc1F)Cc1ccccc1Cl. The van der Waals surface area contributed by atoms with Gasteiger partial charge >= 0.3 is 0 Å². The lowest BCUT2D eigenvalue weighted by Crippen LogP contribution is -2.31. The van der Waals surface area contributed by atoms with Crippen LogP contribution in [-0.4, -0.2) is 23.3 Å². The molecule has 132 valence electrons. The predicted molar refractivity (Wildman–Crippen MR) is 92.1 cm³/mol. The highest BCUT2D eigenvalue weighted by molar-refractivity contribution is 6.31. The maximum absolute atomic E-state index is 13.5. The summed E-state index contributed by atoms with van der Waals surface area (Å²) in [5.41, 5.74) is 0.663. The van der Waals surface area contributed by atoms with E-state index in [1.807, 2.05) is 6.07 Å². The largest absolute Gasteiger partial charge is 0.338 e. The van der Waals surface area contributed by atoms with Crippen LogP contribution >= 0.6 is 11.6 Å². The summed E-state index contributed by atoms with van der Waals surface area (Å²) >= 11 is 6.08. The van der Waals surface area contributed by atoms with Gasteiger partial charge in [0, 0.05) is 37.5 Å². The van der Waals surface area contributed by atoms with E-state index in [1.165, 1.54) is 11.8 Å². The zero-order valence-corrected chi connectivity index (χ0v) is 14.3. The number of carbonyl (C=O) groups is 2. The van der Waals surface area contributed by atoms with Gasteiger partial charge in [-0.15, -0.1) is 0 Å². The lowest BCUT2D eigenvalue weighted by molar-refractivity contribution is -0.129. The molecule has 0 unspecified atom stereocenters. The molecule has 2 amide bonds. The number of halogens is 3. The van der Waals surface area contributed by atoms with E-state index in [-0.39, 0.29) is 31.1 Å². The van der Waals surface area contributed by atoms with Gasteiger partial charge in [-0.3, -0.25) is 9.59 Å². The number of hydrogen-bond donors (Lipinski definition) is 1. The number of nitrogens with zero attached hydrogens (tertiary/aromatic N) is 1. The van der Waals surface area contributed by atoms with E-state index >= 15 is 0 Å². The highest BCUT2D eigenvalue weighted by Gasteiger charge is 2.14. The molecule has 0 bridgehead atoms. The summed E-state index contributed by atoms with van der Waals surface area (Å²) in [6.45, 7) is 1.82. The maximum atomic E-state index is 13.5. The Hall–Kier alpha value is -2.47. The topological polar surface area (TPSA) is 49.4 Å². The van der Waals surface area contributed by atoms with Gasteiger partial charge in [0.1, 0.15) is 11.6 Å². The van der Waals surface area contributed by atoms with Crippen molar-refractivity contribution < 1.29 is 18.4 Å². The molecular formula is C18H17ClF2N2O2. The number of nitrogens with one attached hydrogen (secondary N) is 1. The molecule has 0 radical (unpaired) electrons. The molecule has 0 fully saturated rings. The van der Waals surface area contributed by atoms with Crippen molar-refractivity contribution in [2.45, 2.75) is 19.9 Å². The molecule has 1 N–H and O–H groups in total. The fourth-order valence-electron chi connectivity index (χ4n) is 2.22. The van der Waals surface area contributed by atoms with Crippen molar-refractivity contribution in [2.24, 2.45) is 0 Å². The third kappa shape index (κ3) is 5.53. The van der Waals surface area contributed by atoms with Crippen LogP contribution in [0.5, 0.6) is 0 Å². The standard InChI is InChI=1S/C18H17ClF2N2O2/c1-12(24)23(11-13-4-2-3-5-15(13)19)9-8-18(25)22-17-7-6-14(20)10-16(17)21/h2-7,10H,8-9,11H2,1H3,(H,22,25).